The third-order valence-corrected chi connectivity index (χ3v) is 2.36. The zero-order valence-corrected chi connectivity index (χ0v) is 11.3. The number of fused-ring (bicyclic) bond motifs is 1. The van der Waals surface area contributed by atoms with Gasteiger partial charge in [-0.25, -0.2) is 9.98 Å². The van der Waals surface area contributed by atoms with E-state index in [1.165, 1.54) is 6.07 Å². The molecule has 0 aliphatic carbocycles. The Morgan fingerprint density at radius 3 is 2.75 bits per heavy atom. The van der Waals surface area contributed by atoms with E-state index in [-0.39, 0.29) is 17.2 Å². The molecular formula is C13H14F2N2O3. The second kappa shape index (κ2) is 5.44. The monoisotopic (exact) mass is 284 g/mol. The first kappa shape index (κ1) is 14.2. The van der Waals surface area contributed by atoms with Crippen molar-refractivity contribution in [2.75, 3.05) is 6.61 Å². The van der Waals surface area contributed by atoms with Crippen molar-refractivity contribution >= 4 is 17.4 Å². The number of hydrogen-bond acceptors (Lipinski definition) is 4. The van der Waals surface area contributed by atoms with Gasteiger partial charge in [0.05, 0.1) is 6.61 Å². The Morgan fingerprint density at radius 1 is 1.30 bits per heavy atom. The standard InChI is InChI=1S/C13H14F2N2O3/c1-4-18-9(3)16-8(2)17-10-6-5-7-11-12(10)20-13(14,15)19-11/h5-7H,4H2,1-3H3. The number of para-hydroxylation sites is 1. The molecule has 1 aliphatic rings. The molecule has 5 nitrogen and oxygen atoms in total. The van der Waals surface area contributed by atoms with Crippen LogP contribution in [0.3, 0.4) is 0 Å². The first-order chi connectivity index (χ1) is 9.41. The number of amidine groups is 1. The van der Waals surface area contributed by atoms with Crippen LogP contribution in [0.2, 0.25) is 0 Å². The normalized spacial score (nSPS) is 17.2. The summed E-state index contributed by atoms with van der Waals surface area (Å²) in [5, 5.41) is 0. The zero-order chi connectivity index (χ0) is 14.8. The van der Waals surface area contributed by atoms with Crippen LogP contribution in [0.1, 0.15) is 20.8 Å². The van der Waals surface area contributed by atoms with Crippen LogP contribution in [0, 0.1) is 0 Å². The van der Waals surface area contributed by atoms with Crippen molar-refractivity contribution in [3.05, 3.63) is 18.2 Å². The summed E-state index contributed by atoms with van der Waals surface area (Å²) in [4.78, 5) is 8.21. The van der Waals surface area contributed by atoms with Gasteiger partial charge in [0.15, 0.2) is 17.4 Å². The quantitative estimate of drug-likeness (QED) is 0.617. The summed E-state index contributed by atoms with van der Waals surface area (Å²) in [6.45, 7) is 5.65. The lowest BCUT2D eigenvalue weighted by molar-refractivity contribution is -0.286. The van der Waals surface area contributed by atoms with E-state index < -0.39 is 6.29 Å². The lowest BCUT2D eigenvalue weighted by Crippen LogP contribution is -2.26. The van der Waals surface area contributed by atoms with E-state index in [9.17, 15) is 8.78 Å². The number of hydrogen-bond donors (Lipinski definition) is 0. The van der Waals surface area contributed by atoms with E-state index in [2.05, 4.69) is 19.5 Å². The van der Waals surface area contributed by atoms with Gasteiger partial charge in [-0.1, -0.05) is 6.07 Å². The Kier molecular flexibility index (Phi) is 3.87. The number of halogens is 2. The van der Waals surface area contributed by atoms with Gasteiger partial charge >= 0.3 is 6.29 Å². The molecule has 20 heavy (non-hydrogen) atoms. The van der Waals surface area contributed by atoms with Crippen LogP contribution in [0.5, 0.6) is 11.5 Å². The first-order valence-electron chi connectivity index (χ1n) is 6.03. The van der Waals surface area contributed by atoms with Crippen LogP contribution >= 0.6 is 0 Å². The van der Waals surface area contributed by atoms with E-state index in [0.717, 1.165) is 0 Å². The lowest BCUT2D eigenvalue weighted by Gasteiger charge is -2.05. The maximum atomic E-state index is 13.0. The smallest absolute Gasteiger partial charge is 0.481 e. The van der Waals surface area contributed by atoms with E-state index in [4.69, 9.17) is 4.74 Å². The van der Waals surface area contributed by atoms with Gasteiger partial charge in [-0.2, -0.15) is 0 Å². The molecule has 1 heterocycles. The van der Waals surface area contributed by atoms with Gasteiger partial charge in [-0.15, -0.1) is 8.78 Å². The summed E-state index contributed by atoms with van der Waals surface area (Å²) in [5.41, 5.74) is 0.227. The average molecular weight is 284 g/mol. The van der Waals surface area contributed by atoms with Gasteiger partial charge in [0.25, 0.3) is 0 Å². The molecule has 0 spiro atoms. The fourth-order valence-corrected chi connectivity index (χ4v) is 1.71. The van der Waals surface area contributed by atoms with Crippen molar-refractivity contribution in [1.29, 1.82) is 0 Å². The van der Waals surface area contributed by atoms with Crippen molar-refractivity contribution < 1.29 is 23.0 Å². The number of aliphatic imine (C=N–C) groups is 2. The van der Waals surface area contributed by atoms with E-state index in [1.54, 1.807) is 26.0 Å². The van der Waals surface area contributed by atoms with E-state index >= 15 is 0 Å². The minimum atomic E-state index is -3.66. The maximum Gasteiger partial charge on any atom is 0.586 e. The van der Waals surface area contributed by atoms with Gasteiger partial charge in [-0.05, 0) is 26.0 Å². The molecule has 0 bridgehead atoms. The van der Waals surface area contributed by atoms with Crippen molar-refractivity contribution in [1.82, 2.24) is 0 Å². The predicted octanol–water partition coefficient (Wildman–Crippen LogP) is 3.51. The Hall–Kier alpha value is -2.18. The Balaban J connectivity index is 2.28. The van der Waals surface area contributed by atoms with Crippen LogP contribution in [-0.4, -0.2) is 24.6 Å². The summed E-state index contributed by atoms with van der Waals surface area (Å²) in [7, 11) is 0. The molecule has 0 fully saturated rings. The number of ether oxygens (including phenoxy) is 3. The summed E-state index contributed by atoms with van der Waals surface area (Å²) >= 11 is 0. The second-order valence-corrected chi connectivity index (χ2v) is 3.99. The summed E-state index contributed by atoms with van der Waals surface area (Å²) < 4.78 is 40.0. The molecule has 1 aromatic rings. The summed E-state index contributed by atoms with van der Waals surface area (Å²) in [6, 6.07) is 4.48. The third-order valence-electron chi connectivity index (χ3n) is 2.36. The molecule has 108 valence electrons. The Morgan fingerprint density at radius 2 is 2.05 bits per heavy atom. The molecule has 0 radical (unpaired) electrons. The minimum Gasteiger partial charge on any atom is -0.481 e. The maximum absolute atomic E-state index is 13.0. The van der Waals surface area contributed by atoms with Crippen LogP contribution in [0.4, 0.5) is 14.5 Å². The van der Waals surface area contributed by atoms with Crippen LogP contribution in [0.15, 0.2) is 28.2 Å². The van der Waals surface area contributed by atoms with E-state index in [1.807, 2.05) is 6.92 Å². The molecule has 0 aromatic heterocycles. The van der Waals surface area contributed by atoms with Gasteiger partial charge in [-0.3, -0.25) is 0 Å². The first-order valence-corrected chi connectivity index (χ1v) is 6.03. The molecule has 0 unspecified atom stereocenters. The summed E-state index contributed by atoms with van der Waals surface area (Å²) in [6.07, 6.45) is -3.66. The van der Waals surface area contributed by atoms with Crippen LogP contribution < -0.4 is 9.47 Å². The molecule has 7 heteroatoms. The largest absolute Gasteiger partial charge is 0.586 e. The molecular weight excluding hydrogens is 270 g/mol. The fourth-order valence-electron chi connectivity index (χ4n) is 1.71. The second-order valence-electron chi connectivity index (χ2n) is 3.99. The van der Waals surface area contributed by atoms with Gasteiger partial charge in [0, 0.05) is 6.92 Å². The minimum absolute atomic E-state index is 0.0467. The number of alkyl halides is 2. The summed E-state index contributed by atoms with van der Waals surface area (Å²) in [5.74, 6) is 0.669. The van der Waals surface area contributed by atoms with Gasteiger partial charge in [0.2, 0.25) is 0 Å². The highest BCUT2D eigenvalue weighted by molar-refractivity contribution is 5.94. The van der Waals surface area contributed by atoms with E-state index in [0.29, 0.717) is 18.3 Å². The molecule has 1 aliphatic heterocycles. The van der Waals surface area contributed by atoms with Gasteiger partial charge in [0.1, 0.15) is 11.5 Å². The third kappa shape index (κ3) is 3.23. The molecule has 1 aromatic carbocycles. The number of nitrogens with zero attached hydrogens (tertiary/aromatic N) is 2. The SMILES string of the molecule is CCOC(C)=NC(C)=Nc1cccc2c1OC(F)(F)O2. The molecule has 0 amide bonds. The highest BCUT2D eigenvalue weighted by atomic mass is 19.3. The molecule has 0 N–H and O–H groups in total. The van der Waals surface area contributed by atoms with Crippen molar-refractivity contribution in [2.24, 2.45) is 9.98 Å². The Labute approximate surface area is 114 Å². The van der Waals surface area contributed by atoms with Crippen molar-refractivity contribution in [2.45, 2.75) is 27.1 Å². The van der Waals surface area contributed by atoms with Crippen molar-refractivity contribution in [3.8, 4) is 11.5 Å². The lowest BCUT2D eigenvalue weighted by atomic mass is 10.3. The zero-order valence-electron chi connectivity index (χ0n) is 11.3. The average Bonchev–Trinajstić information content (AvgIpc) is 2.64. The van der Waals surface area contributed by atoms with Crippen molar-refractivity contribution in [3.63, 3.8) is 0 Å². The Bertz CT molecular complexity index is 571. The molecule has 2 rings (SSSR count). The molecule has 0 saturated heterocycles. The predicted molar refractivity (Wildman–Crippen MR) is 70.1 cm³/mol. The molecule has 0 saturated carbocycles. The van der Waals surface area contributed by atoms with Crippen LogP contribution in [-0.2, 0) is 4.74 Å². The highest BCUT2D eigenvalue weighted by Crippen LogP contribution is 2.46. The van der Waals surface area contributed by atoms with Crippen LogP contribution in [0.25, 0.3) is 0 Å². The topological polar surface area (TPSA) is 52.4 Å². The molecule has 0 atom stereocenters. The number of rotatable bonds is 2. The van der Waals surface area contributed by atoms with Gasteiger partial charge < -0.3 is 14.2 Å². The fraction of sp³-hybridized carbons (Fsp3) is 0.385. The number of benzene rings is 1. The highest BCUT2D eigenvalue weighted by Gasteiger charge is 2.44.